The van der Waals surface area contributed by atoms with Gasteiger partial charge >= 0.3 is 0 Å². The van der Waals surface area contributed by atoms with Crippen LogP contribution in [-0.4, -0.2) is 16.5 Å². The lowest BCUT2D eigenvalue weighted by molar-refractivity contribution is 0.493. The molecule has 0 aliphatic heterocycles. The third-order valence-corrected chi connectivity index (χ3v) is 3.61. The number of H-pyrrole nitrogens is 1. The number of hydrogen-bond donors (Lipinski definition) is 2. The van der Waals surface area contributed by atoms with E-state index in [4.69, 9.17) is 0 Å². The van der Waals surface area contributed by atoms with Gasteiger partial charge in [0, 0.05) is 6.54 Å². The van der Waals surface area contributed by atoms with Gasteiger partial charge < -0.3 is 10.3 Å². The van der Waals surface area contributed by atoms with Crippen LogP contribution < -0.4 is 10.9 Å². The van der Waals surface area contributed by atoms with Crippen molar-refractivity contribution in [3.05, 3.63) is 40.4 Å². The van der Waals surface area contributed by atoms with Crippen LogP contribution in [0.3, 0.4) is 0 Å². The molecule has 1 fully saturated rings. The molecular formula is C14H17N3O. The molecule has 94 valence electrons. The second-order valence-corrected chi connectivity index (χ2v) is 5.44. The van der Waals surface area contributed by atoms with Gasteiger partial charge in [-0.05, 0) is 30.4 Å². The van der Waals surface area contributed by atoms with Gasteiger partial charge in [0.15, 0.2) is 0 Å². The standard InChI is InChI=1S/C14H17N3O/c1-14(6-7-14)9-15-8-12-16-11-5-3-2-4-10(11)13(18)17-12/h2-5,15H,6-9H2,1H3,(H,16,17,18). The van der Waals surface area contributed by atoms with E-state index in [0.29, 0.717) is 23.2 Å². The van der Waals surface area contributed by atoms with Crippen LogP contribution >= 0.6 is 0 Å². The summed E-state index contributed by atoms with van der Waals surface area (Å²) in [7, 11) is 0. The highest BCUT2D eigenvalue weighted by Crippen LogP contribution is 2.44. The van der Waals surface area contributed by atoms with Crippen molar-refractivity contribution in [2.24, 2.45) is 5.41 Å². The molecule has 0 unspecified atom stereocenters. The smallest absolute Gasteiger partial charge is 0.258 e. The summed E-state index contributed by atoms with van der Waals surface area (Å²) in [6, 6.07) is 7.42. The molecule has 4 nitrogen and oxygen atoms in total. The van der Waals surface area contributed by atoms with Gasteiger partial charge in [0.25, 0.3) is 5.56 Å². The van der Waals surface area contributed by atoms with Gasteiger partial charge in [-0.25, -0.2) is 4.98 Å². The van der Waals surface area contributed by atoms with Crippen molar-refractivity contribution >= 4 is 10.9 Å². The Hall–Kier alpha value is -1.68. The van der Waals surface area contributed by atoms with E-state index in [-0.39, 0.29) is 5.56 Å². The number of rotatable bonds is 4. The minimum Gasteiger partial charge on any atom is -0.309 e. The van der Waals surface area contributed by atoms with Crippen LogP contribution in [0.4, 0.5) is 0 Å². The summed E-state index contributed by atoms with van der Waals surface area (Å²) in [5.74, 6) is 0.711. The molecule has 1 aromatic heterocycles. The van der Waals surface area contributed by atoms with Crippen molar-refractivity contribution in [2.75, 3.05) is 6.54 Å². The lowest BCUT2D eigenvalue weighted by Crippen LogP contribution is -2.24. The summed E-state index contributed by atoms with van der Waals surface area (Å²) in [5, 5.41) is 4.01. The lowest BCUT2D eigenvalue weighted by atomic mass is 10.1. The van der Waals surface area contributed by atoms with E-state index in [1.165, 1.54) is 12.8 Å². The van der Waals surface area contributed by atoms with Crippen molar-refractivity contribution in [3.63, 3.8) is 0 Å². The minimum atomic E-state index is -0.0602. The molecule has 0 amide bonds. The Bertz CT molecular complexity index is 628. The largest absolute Gasteiger partial charge is 0.309 e. The molecule has 1 saturated carbocycles. The first-order chi connectivity index (χ1) is 8.66. The van der Waals surface area contributed by atoms with Gasteiger partial charge in [0.05, 0.1) is 17.4 Å². The molecule has 4 heteroatoms. The average Bonchev–Trinajstić information content (AvgIpc) is 3.07. The number of para-hydroxylation sites is 1. The lowest BCUT2D eigenvalue weighted by Gasteiger charge is -2.09. The first-order valence-electron chi connectivity index (χ1n) is 6.35. The van der Waals surface area contributed by atoms with Crippen molar-refractivity contribution in [3.8, 4) is 0 Å². The van der Waals surface area contributed by atoms with Crippen LogP contribution in [0, 0.1) is 5.41 Å². The maximum absolute atomic E-state index is 11.8. The number of aromatic amines is 1. The van der Waals surface area contributed by atoms with E-state index in [9.17, 15) is 4.79 Å². The fraction of sp³-hybridized carbons (Fsp3) is 0.429. The highest BCUT2D eigenvalue weighted by Gasteiger charge is 2.36. The third kappa shape index (κ3) is 2.29. The van der Waals surface area contributed by atoms with E-state index in [0.717, 1.165) is 12.1 Å². The number of benzene rings is 1. The highest BCUT2D eigenvalue weighted by atomic mass is 16.1. The molecule has 0 bridgehead atoms. The maximum Gasteiger partial charge on any atom is 0.258 e. The number of aromatic nitrogens is 2. The predicted molar refractivity (Wildman–Crippen MR) is 71.4 cm³/mol. The van der Waals surface area contributed by atoms with E-state index < -0.39 is 0 Å². The summed E-state index contributed by atoms with van der Waals surface area (Å²) < 4.78 is 0. The Morgan fingerprint density at radius 2 is 2.17 bits per heavy atom. The molecule has 2 N–H and O–H groups in total. The van der Waals surface area contributed by atoms with E-state index in [1.807, 2.05) is 18.2 Å². The first kappa shape index (κ1) is 11.4. The Morgan fingerprint density at radius 1 is 1.39 bits per heavy atom. The van der Waals surface area contributed by atoms with Crippen molar-refractivity contribution in [1.29, 1.82) is 0 Å². The van der Waals surface area contributed by atoms with Crippen molar-refractivity contribution < 1.29 is 0 Å². The Balaban J connectivity index is 1.77. The van der Waals surface area contributed by atoms with E-state index in [1.54, 1.807) is 6.07 Å². The molecule has 0 radical (unpaired) electrons. The predicted octanol–water partition coefficient (Wildman–Crippen LogP) is 1.81. The van der Waals surface area contributed by atoms with Crippen LogP contribution in [0.2, 0.25) is 0 Å². The zero-order chi connectivity index (χ0) is 12.6. The summed E-state index contributed by atoms with van der Waals surface area (Å²) in [6.07, 6.45) is 2.59. The van der Waals surface area contributed by atoms with Crippen molar-refractivity contribution in [2.45, 2.75) is 26.3 Å². The summed E-state index contributed by atoms with van der Waals surface area (Å²) in [5.41, 5.74) is 1.17. The molecule has 18 heavy (non-hydrogen) atoms. The number of fused-ring (bicyclic) bond motifs is 1. The van der Waals surface area contributed by atoms with E-state index in [2.05, 4.69) is 22.2 Å². The summed E-state index contributed by atoms with van der Waals surface area (Å²) in [4.78, 5) is 19.1. The molecule has 1 aromatic carbocycles. The SMILES string of the molecule is CC1(CNCc2nc3ccccc3c(=O)[nH]2)CC1. The number of nitrogens with one attached hydrogen (secondary N) is 2. The quantitative estimate of drug-likeness (QED) is 0.861. The molecule has 1 heterocycles. The monoisotopic (exact) mass is 243 g/mol. The van der Waals surface area contributed by atoms with E-state index >= 15 is 0 Å². The Labute approximate surface area is 105 Å². The zero-order valence-electron chi connectivity index (χ0n) is 10.5. The number of nitrogens with zero attached hydrogens (tertiary/aromatic N) is 1. The maximum atomic E-state index is 11.8. The van der Waals surface area contributed by atoms with Crippen LogP contribution in [0.25, 0.3) is 10.9 Å². The Kier molecular flexibility index (Phi) is 2.67. The summed E-state index contributed by atoms with van der Waals surface area (Å²) >= 11 is 0. The van der Waals surface area contributed by atoms with Crippen molar-refractivity contribution in [1.82, 2.24) is 15.3 Å². The van der Waals surface area contributed by atoms with Gasteiger partial charge in [-0.3, -0.25) is 4.79 Å². The molecular weight excluding hydrogens is 226 g/mol. The topological polar surface area (TPSA) is 57.8 Å². The second kappa shape index (κ2) is 4.21. The molecule has 0 atom stereocenters. The fourth-order valence-electron chi connectivity index (χ4n) is 2.09. The average molecular weight is 243 g/mol. The number of hydrogen-bond acceptors (Lipinski definition) is 3. The first-order valence-corrected chi connectivity index (χ1v) is 6.35. The van der Waals surface area contributed by atoms with Crippen LogP contribution in [-0.2, 0) is 6.54 Å². The molecule has 1 aliphatic carbocycles. The Morgan fingerprint density at radius 3 is 2.94 bits per heavy atom. The van der Waals surface area contributed by atoms with Gasteiger partial charge in [-0.2, -0.15) is 0 Å². The minimum absolute atomic E-state index is 0.0602. The highest BCUT2D eigenvalue weighted by molar-refractivity contribution is 5.77. The fourth-order valence-corrected chi connectivity index (χ4v) is 2.09. The van der Waals surface area contributed by atoms with Gasteiger partial charge in [0.1, 0.15) is 5.82 Å². The van der Waals surface area contributed by atoms with Crippen LogP contribution in [0.1, 0.15) is 25.6 Å². The molecule has 3 rings (SSSR count). The van der Waals surface area contributed by atoms with Gasteiger partial charge in [-0.1, -0.05) is 19.1 Å². The molecule has 2 aromatic rings. The third-order valence-electron chi connectivity index (χ3n) is 3.61. The zero-order valence-corrected chi connectivity index (χ0v) is 10.5. The molecule has 1 aliphatic rings. The van der Waals surface area contributed by atoms with Crippen LogP contribution in [0.15, 0.2) is 29.1 Å². The van der Waals surface area contributed by atoms with Gasteiger partial charge in [0.2, 0.25) is 0 Å². The van der Waals surface area contributed by atoms with Crippen LogP contribution in [0.5, 0.6) is 0 Å². The molecule has 0 saturated heterocycles. The summed E-state index contributed by atoms with van der Waals surface area (Å²) in [6.45, 7) is 3.88. The van der Waals surface area contributed by atoms with Gasteiger partial charge in [-0.15, -0.1) is 0 Å². The second-order valence-electron chi connectivity index (χ2n) is 5.44. The normalized spacial score (nSPS) is 16.9. The molecule has 0 spiro atoms.